The van der Waals surface area contributed by atoms with Crippen molar-refractivity contribution in [3.05, 3.63) is 63.1 Å². The highest BCUT2D eigenvalue weighted by atomic mass is 79.9. The smallest absolute Gasteiger partial charge is 0.339 e. The Morgan fingerprint density at radius 3 is 2.42 bits per heavy atom. The van der Waals surface area contributed by atoms with Gasteiger partial charge < -0.3 is 10.1 Å². The Kier molecular flexibility index (Phi) is 7.74. The van der Waals surface area contributed by atoms with E-state index in [1.54, 1.807) is 18.2 Å². The number of hydrogen-bond acceptors (Lipinski definition) is 5. The number of carbonyl (C=O) groups is 2. The highest BCUT2D eigenvalue weighted by Crippen LogP contribution is 2.25. The van der Waals surface area contributed by atoms with Crippen LogP contribution in [0.2, 0.25) is 5.02 Å². The van der Waals surface area contributed by atoms with Gasteiger partial charge in [0.1, 0.15) is 0 Å². The highest BCUT2D eigenvalue weighted by Gasteiger charge is 2.31. The van der Waals surface area contributed by atoms with Crippen LogP contribution in [0.5, 0.6) is 0 Å². The molecular formula is C21H22BrClN2O5S. The summed E-state index contributed by atoms with van der Waals surface area (Å²) < 4.78 is 32.5. The maximum Gasteiger partial charge on any atom is 0.339 e. The molecule has 0 aliphatic carbocycles. The van der Waals surface area contributed by atoms with Gasteiger partial charge in [-0.2, -0.15) is 0 Å². The molecule has 1 aliphatic heterocycles. The van der Waals surface area contributed by atoms with Gasteiger partial charge in [0.15, 0.2) is 0 Å². The number of ether oxygens (including phenoxy) is 1. The van der Waals surface area contributed by atoms with E-state index in [2.05, 4.69) is 26.0 Å². The standard InChI is InChI=1S/C21H22BrClN2O5S/c1-30-21(27)18-12-17(6-7-19(18)23)24-20(26)15-8-10-25(11-9-15)31(28,29)13-14-2-4-16(22)5-3-14/h2-7,12,15H,8-11,13H2,1H3,(H,24,26). The fourth-order valence-electron chi connectivity index (χ4n) is 3.39. The lowest BCUT2D eigenvalue weighted by atomic mass is 9.97. The van der Waals surface area contributed by atoms with E-state index in [0.29, 0.717) is 24.1 Å². The summed E-state index contributed by atoms with van der Waals surface area (Å²) in [5.41, 5.74) is 1.31. The van der Waals surface area contributed by atoms with E-state index < -0.39 is 16.0 Å². The fourth-order valence-corrected chi connectivity index (χ4v) is 5.41. The molecule has 0 spiro atoms. The van der Waals surface area contributed by atoms with Crippen LogP contribution in [0.15, 0.2) is 46.9 Å². The zero-order valence-electron chi connectivity index (χ0n) is 16.8. The number of carbonyl (C=O) groups excluding carboxylic acids is 2. The van der Waals surface area contributed by atoms with Gasteiger partial charge in [-0.3, -0.25) is 4.79 Å². The molecule has 1 fully saturated rings. The molecular weight excluding hydrogens is 508 g/mol. The quantitative estimate of drug-likeness (QED) is 0.570. The first-order valence-electron chi connectivity index (χ1n) is 9.60. The van der Waals surface area contributed by atoms with Crippen molar-refractivity contribution in [1.82, 2.24) is 4.31 Å². The van der Waals surface area contributed by atoms with Crippen LogP contribution in [0.25, 0.3) is 0 Å². The number of sulfonamides is 1. The van der Waals surface area contributed by atoms with Crippen molar-refractivity contribution in [2.24, 2.45) is 5.92 Å². The molecule has 10 heteroatoms. The van der Waals surface area contributed by atoms with Crippen molar-refractivity contribution < 1.29 is 22.7 Å². The van der Waals surface area contributed by atoms with E-state index in [1.807, 2.05) is 12.1 Å². The summed E-state index contributed by atoms with van der Waals surface area (Å²) in [6, 6.07) is 11.7. The lowest BCUT2D eigenvalue weighted by Gasteiger charge is -2.30. The van der Waals surface area contributed by atoms with Gasteiger partial charge in [0.05, 0.1) is 23.4 Å². The second-order valence-electron chi connectivity index (χ2n) is 7.23. The zero-order chi connectivity index (χ0) is 22.6. The molecule has 7 nitrogen and oxygen atoms in total. The fraction of sp³-hybridized carbons (Fsp3) is 0.333. The molecule has 1 saturated heterocycles. The normalized spacial score (nSPS) is 15.5. The predicted molar refractivity (Wildman–Crippen MR) is 122 cm³/mol. The van der Waals surface area contributed by atoms with Gasteiger partial charge in [-0.15, -0.1) is 0 Å². The number of esters is 1. The van der Waals surface area contributed by atoms with Crippen molar-refractivity contribution in [2.45, 2.75) is 18.6 Å². The number of nitrogens with one attached hydrogen (secondary N) is 1. The molecule has 1 heterocycles. The third-order valence-corrected chi connectivity index (χ3v) is 7.83. The van der Waals surface area contributed by atoms with Crippen molar-refractivity contribution in [1.29, 1.82) is 0 Å². The van der Waals surface area contributed by atoms with Gasteiger partial charge in [-0.25, -0.2) is 17.5 Å². The third-order valence-electron chi connectivity index (χ3n) is 5.12. The predicted octanol–water partition coefficient (Wildman–Crippen LogP) is 4.07. The van der Waals surface area contributed by atoms with Crippen LogP contribution in [0.1, 0.15) is 28.8 Å². The Morgan fingerprint density at radius 1 is 1.16 bits per heavy atom. The molecule has 0 aromatic heterocycles. The van der Waals surface area contributed by atoms with Gasteiger partial charge in [0, 0.05) is 29.2 Å². The number of piperidine rings is 1. The second-order valence-corrected chi connectivity index (χ2v) is 10.5. The van der Waals surface area contributed by atoms with Crippen molar-refractivity contribution in [2.75, 3.05) is 25.5 Å². The van der Waals surface area contributed by atoms with E-state index in [1.165, 1.54) is 23.5 Å². The monoisotopic (exact) mass is 528 g/mol. The third kappa shape index (κ3) is 6.06. The summed E-state index contributed by atoms with van der Waals surface area (Å²) in [7, 11) is -2.21. The van der Waals surface area contributed by atoms with Crippen LogP contribution in [0.3, 0.4) is 0 Å². The van der Waals surface area contributed by atoms with Crippen LogP contribution in [0.4, 0.5) is 5.69 Å². The van der Waals surface area contributed by atoms with Crippen molar-refractivity contribution in [3.63, 3.8) is 0 Å². The first-order chi connectivity index (χ1) is 14.7. The zero-order valence-corrected chi connectivity index (χ0v) is 20.0. The Labute approximate surface area is 194 Å². The van der Waals surface area contributed by atoms with E-state index >= 15 is 0 Å². The van der Waals surface area contributed by atoms with E-state index in [0.717, 1.165) is 4.47 Å². The van der Waals surface area contributed by atoms with E-state index in [4.69, 9.17) is 11.6 Å². The van der Waals surface area contributed by atoms with Crippen molar-refractivity contribution >= 4 is 55.1 Å². The Hall–Kier alpha value is -1.94. The number of halogens is 2. The maximum atomic E-state index is 12.7. The van der Waals surface area contributed by atoms with Crippen LogP contribution in [-0.2, 0) is 25.3 Å². The molecule has 1 amide bonds. The Balaban J connectivity index is 1.58. The molecule has 0 saturated carbocycles. The number of rotatable bonds is 6. The summed E-state index contributed by atoms with van der Waals surface area (Å²) >= 11 is 9.34. The summed E-state index contributed by atoms with van der Waals surface area (Å²) in [6.07, 6.45) is 0.839. The maximum absolute atomic E-state index is 12.7. The van der Waals surface area contributed by atoms with Crippen molar-refractivity contribution in [3.8, 4) is 0 Å². The van der Waals surface area contributed by atoms with Gasteiger partial charge in [0.2, 0.25) is 15.9 Å². The molecule has 0 atom stereocenters. The van der Waals surface area contributed by atoms with Gasteiger partial charge in [-0.1, -0.05) is 39.7 Å². The van der Waals surface area contributed by atoms with Crippen LogP contribution in [0, 0.1) is 5.92 Å². The lowest BCUT2D eigenvalue weighted by Crippen LogP contribution is -2.41. The number of amides is 1. The van der Waals surface area contributed by atoms with Crippen LogP contribution >= 0.6 is 27.5 Å². The minimum atomic E-state index is -3.46. The van der Waals surface area contributed by atoms with Gasteiger partial charge in [0.25, 0.3) is 0 Å². The van der Waals surface area contributed by atoms with Gasteiger partial charge >= 0.3 is 5.97 Å². The topological polar surface area (TPSA) is 92.8 Å². The van der Waals surface area contributed by atoms with E-state index in [9.17, 15) is 18.0 Å². The second kappa shape index (κ2) is 10.1. The average molecular weight is 530 g/mol. The lowest BCUT2D eigenvalue weighted by molar-refractivity contribution is -0.120. The molecule has 0 unspecified atom stereocenters. The molecule has 3 rings (SSSR count). The number of anilines is 1. The molecule has 2 aromatic rings. The van der Waals surface area contributed by atoms with E-state index in [-0.39, 0.29) is 41.3 Å². The Bertz CT molecular complexity index is 1070. The molecule has 31 heavy (non-hydrogen) atoms. The Morgan fingerprint density at radius 2 is 1.81 bits per heavy atom. The summed E-state index contributed by atoms with van der Waals surface area (Å²) in [4.78, 5) is 24.4. The largest absolute Gasteiger partial charge is 0.465 e. The SMILES string of the molecule is COC(=O)c1cc(NC(=O)C2CCN(S(=O)(=O)Cc3ccc(Br)cc3)CC2)ccc1Cl. The molecule has 166 valence electrons. The molecule has 0 bridgehead atoms. The average Bonchev–Trinajstić information content (AvgIpc) is 2.76. The van der Waals surface area contributed by atoms with Crippen LogP contribution in [-0.4, -0.2) is 44.8 Å². The first kappa shape index (κ1) is 23.7. The molecule has 1 N–H and O–H groups in total. The molecule has 1 aliphatic rings. The highest BCUT2D eigenvalue weighted by molar-refractivity contribution is 9.10. The molecule has 2 aromatic carbocycles. The number of benzene rings is 2. The minimum Gasteiger partial charge on any atom is -0.465 e. The number of methoxy groups -OCH3 is 1. The summed E-state index contributed by atoms with van der Waals surface area (Å²) in [5, 5.41) is 3.01. The number of nitrogens with zero attached hydrogens (tertiary/aromatic N) is 1. The summed E-state index contributed by atoms with van der Waals surface area (Å²) in [6.45, 7) is 0.565. The number of hydrogen-bond donors (Lipinski definition) is 1. The summed E-state index contributed by atoms with van der Waals surface area (Å²) in [5.74, 6) is -1.21. The first-order valence-corrected chi connectivity index (χ1v) is 12.4. The van der Waals surface area contributed by atoms with Crippen LogP contribution < -0.4 is 5.32 Å². The minimum absolute atomic E-state index is 0.0712. The van der Waals surface area contributed by atoms with Gasteiger partial charge in [-0.05, 0) is 48.7 Å². The molecule has 0 radical (unpaired) electrons.